The average molecular weight is 437 g/mol. The van der Waals surface area contributed by atoms with Gasteiger partial charge in [0.25, 0.3) is 0 Å². The number of carbonyl (C=O) groups is 1. The molecular weight excluding hydrogens is 413 g/mol. The maximum atomic E-state index is 13.1. The Labute approximate surface area is 185 Å². The summed E-state index contributed by atoms with van der Waals surface area (Å²) in [5.74, 6) is 2.02. The SMILES string of the molecule is O=C(CCc1nc(-c2ccc(F)cc2)no1)N1CCC[C@@H]1c1ccc2c(c1)OCCCO2. The van der Waals surface area contributed by atoms with E-state index in [2.05, 4.69) is 10.1 Å². The normalized spacial score (nSPS) is 17.9. The second-order valence-electron chi connectivity index (χ2n) is 8.02. The Morgan fingerprint density at radius 1 is 1.06 bits per heavy atom. The lowest BCUT2D eigenvalue weighted by molar-refractivity contribution is -0.132. The van der Waals surface area contributed by atoms with Crippen LogP contribution in [0.1, 0.15) is 43.2 Å². The van der Waals surface area contributed by atoms with Gasteiger partial charge in [-0.25, -0.2) is 4.39 Å². The van der Waals surface area contributed by atoms with E-state index >= 15 is 0 Å². The zero-order chi connectivity index (χ0) is 21.9. The number of amides is 1. The first-order chi connectivity index (χ1) is 15.7. The number of likely N-dealkylation sites (tertiary alicyclic amines) is 1. The molecule has 7 nitrogen and oxygen atoms in total. The highest BCUT2D eigenvalue weighted by atomic mass is 19.1. The molecule has 2 aromatic carbocycles. The number of benzene rings is 2. The van der Waals surface area contributed by atoms with Gasteiger partial charge in [-0.15, -0.1) is 0 Å². The van der Waals surface area contributed by atoms with Crippen molar-refractivity contribution in [1.29, 1.82) is 0 Å². The minimum atomic E-state index is -0.322. The number of carbonyl (C=O) groups excluding carboxylic acids is 1. The highest BCUT2D eigenvalue weighted by Gasteiger charge is 2.30. The number of rotatable bonds is 5. The summed E-state index contributed by atoms with van der Waals surface area (Å²) in [5.41, 5.74) is 1.73. The van der Waals surface area contributed by atoms with Crippen LogP contribution in [-0.4, -0.2) is 40.7 Å². The van der Waals surface area contributed by atoms with Crippen LogP contribution < -0.4 is 9.47 Å². The number of aryl methyl sites for hydroxylation is 1. The van der Waals surface area contributed by atoms with Gasteiger partial charge in [0.2, 0.25) is 17.6 Å². The number of halogens is 1. The van der Waals surface area contributed by atoms with E-state index in [4.69, 9.17) is 14.0 Å². The number of aromatic nitrogens is 2. The number of fused-ring (bicyclic) bond motifs is 1. The molecule has 2 aliphatic heterocycles. The van der Waals surface area contributed by atoms with Crippen LogP contribution in [0.15, 0.2) is 47.0 Å². The molecule has 0 unspecified atom stereocenters. The summed E-state index contributed by atoms with van der Waals surface area (Å²) in [6.07, 6.45) is 3.38. The molecule has 0 bridgehead atoms. The summed E-state index contributed by atoms with van der Waals surface area (Å²) in [5, 5.41) is 3.94. The molecule has 1 saturated heterocycles. The van der Waals surface area contributed by atoms with Crippen molar-refractivity contribution in [2.75, 3.05) is 19.8 Å². The van der Waals surface area contributed by atoms with Crippen molar-refractivity contribution in [2.45, 2.75) is 38.1 Å². The van der Waals surface area contributed by atoms with Crippen LogP contribution in [-0.2, 0) is 11.2 Å². The van der Waals surface area contributed by atoms with Gasteiger partial charge in [-0.2, -0.15) is 4.98 Å². The van der Waals surface area contributed by atoms with Crippen molar-refractivity contribution in [2.24, 2.45) is 0 Å². The molecular formula is C24H24FN3O4. The monoisotopic (exact) mass is 437 g/mol. The first-order valence-electron chi connectivity index (χ1n) is 10.9. The van der Waals surface area contributed by atoms with Crippen LogP contribution in [0.3, 0.4) is 0 Å². The predicted molar refractivity (Wildman–Crippen MR) is 114 cm³/mol. The summed E-state index contributed by atoms with van der Waals surface area (Å²) in [7, 11) is 0. The molecule has 0 spiro atoms. The zero-order valence-corrected chi connectivity index (χ0v) is 17.6. The molecule has 3 heterocycles. The van der Waals surface area contributed by atoms with Crippen LogP contribution in [0.4, 0.5) is 4.39 Å². The zero-order valence-electron chi connectivity index (χ0n) is 17.6. The lowest BCUT2D eigenvalue weighted by Crippen LogP contribution is -2.30. The van der Waals surface area contributed by atoms with Crippen LogP contribution in [0, 0.1) is 5.82 Å². The number of hydrogen-bond acceptors (Lipinski definition) is 6. The summed E-state index contributed by atoms with van der Waals surface area (Å²) in [6.45, 7) is 2.01. The average Bonchev–Trinajstić information content (AvgIpc) is 3.43. The minimum Gasteiger partial charge on any atom is -0.490 e. The van der Waals surface area contributed by atoms with Crippen LogP contribution in [0.25, 0.3) is 11.4 Å². The Morgan fingerprint density at radius 2 is 1.88 bits per heavy atom. The number of nitrogens with zero attached hydrogens (tertiary/aromatic N) is 3. The van der Waals surface area contributed by atoms with Crippen LogP contribution in [0.5, 0.6) is 11.5 Å². The van der Waals surface area contributed by atoms with E-state index in [1.807, 2.05) is 23.1 Å². The van der Waals surface area contributed by atoms with Crippen molar-refractivity contribution in [3.05, 3.63) is 59.7 Å². The molecule has 0 aliphatic carbocycles. The smallest absolute Gasteiger partial charge is 0.227 e. The Balaban J connectivity index is 1.24. The molecule has 0 saturated carbocycles. The third kappa shape index (κ3) is 4.30. The Morgan fingerprint density at radius 3 is 2.72 bits per heavy atom. The van der Waals surface area contributed by atoms with E-state index in [1.165, 1.54) is 12.1 Å². The summed E-state index contributed by atoms with van der Waals surface area (Å²) in [6, 6.07) is 11.9. The van der Waals surface area contributed by atoms with E-state index in [0.29, 0.717) is 36.9 Å². The maximum Gasteiger partial charge on any atom is 0.227 e. The van der Waals surface area contributed by atoms with Crippen molar-refractivity contribution in [3.63, 3.8) is 0 Å². The van der Waals surface area contributed by atoms with E-state index < -0.39 is 0 Å². The fourth-order valence-electron chi connectivity index (χ4n) is 4.23. The molecule has 32 heavy (non-hydrogen) atoms. The fraction of sp³-hybridized carbons (Fsp3) is 0.375. The molecule has 1 atom stereocenters. The molecule has 8 heteroatoms. The number of hydrogen-bond donors (Lipinski definition) is 0. The summed E-state index contributed by atoms with van der Waals surface area (Å²) >= 11 is 0. The van der Waals surface area contributed by atoms with Crippen LogP contribution >= 0.6 is 0 Å². The molecule has 0 radical (unpaired) electrons. The third-order valence-corrected chi connectivity index (χ3v) is 5.85. The van der Waals surface area contributed by atoms with Crippen molar-refractivity contribution in [3.8, 4) is 22.9 Å². The molecule has 1 aromatic heterocycles. The highest BCUT2D eigenvalue weighted by molar-refractivity contribution is 5.77. The Kier molecular flexibility index (Phi) is 5.75. The summed E-state index contributed by atoms with van der Waals surface area (Å²) in [4.78, 5) is 19.3. The second kappa shape index (κ2) is 8.98. The fourth-order valence-corrected chi connectivity index (χ4v) is 4.23. The van der Waals surface area contributed by atoms with E-state index in [1.54, 1.807) is 12.1 Å². The highest BCUT2D eigenvalue weighted by Crippen LogP contribution is 2.38. The first-order valence-corrected chi connectivity index (χ1v) is 10.9. The van der Waals surface area contributed by atoms with Gasteiger partial charge in [0.05, 0.1) is 19.3 Å². The maximum absolute atomic E-state index is 13.1. The van der Waals surface area contributed by atoms with Crippen LogP contribution in [0.2, 0.25) is 0 Å². The van der Waals surface area contributed by atoms with E-state index in [0.717, 1.165) is 42.9 Å². The minimum absolute atomic E-state index is 0.0251. The lowest BCUT2D eigenvalue weighted by atomic mass is 10.0. The topological polar surface area (TPSA) is 77.7 Å². The molecule has 1 fully saturated rings. The van der Waals surface area contributed by atoms with Gasteiger partial charge in [0.1, 0.15) is 5.82 Å². The number of ether oxygens (including phenoxy) is 2. The van der Waals surface area contributed by atoms with Crippen molar-refractivity contribution in [1.82, 2.24) is 15.0 Å². The van der Waals surface area contributed by atoms with Crippen molar-refractivity contribution >= 4 is 5.91 Å². The Bertz CT molecular complexity index is 1100. The van der Waals surface area contributed by atoms with Crippen molar-refractivity contribution < 1.29 is 23.2 Å². The Hall–Kier alpha value is -3.42. The molecule has 5 rings (SSSR count). The third-order valence-electron chi connectivity index (χ3n) is 5.85. The molecule has 166 valence electrons. The standard InChI is InChI=1S/C24H24FN3O4/c25-18-7-4-16(5-8-18)24-26-22(32-27-24)10-11-23(29)28-12-1-3-19(28)17-6-9-20-21(15-17)31-14-2-13-30-20/h4-9,15,19H,1-3,10-14H2/t19-/m1/s1. The van der Waals surface area contributed by atoms with Gasteiger partial charge in [0.15, 0.2) is 11.5 Å². The predicted octanol–water partition coefficient (Wildman–Crippen LogP) is 4.33. The van der Waals surface area contributed by atoms with Gasteiger partial charge in [0, 0.05) is 31.4 Å². The molecule has 3 aromatic rings. The quantitative estimate of drug-likeness (QED) is 0.591. The first kappa shape index (κ1) is 20.5. The van der Waals surface area contributed by atoms with Gasteiger partial charge in [-0.1, -0.05) is 11.2 Å². The van der Waals surface area contributed by atoms with E-state index in [-0.39, 0.29) is 24.2 Å². The summed E-state index contributed by atoms with van der Waals surface area (Å²) < 4.78 is 29.9. The van der Waals surface area contributed by atoms with Gasteiger partial charge in [-0.05, 0) is 54.8 Å². The second-order valence-corrected chi connectivity index (χ2v) is 8.02. The lowest BCUT2D eigenvalue weighted by Gasteiger charge is -2.25. The largest absolute Gasteiger partial charge is 0.490 e. The van der Waals surface area contributed by atoms with E-state index in [9.17, 15) is 9.18 Å². The molecule has 2 aliphatic rings. The molecule has 1 amide bonds. The van der Waals surface area contributed by atoms with Gasteiger partial charge in [-0.3, -0.25) is 4.79 Å². The van der Waals surface area contributed by atoms with Gasteiger partial charge >= 0.3 is 0 Å². The van der Waals surface area contributed by atoms with Gasteiger partial charge < -0.3 is 18.9 Å². The molecule has 0 N–H and O–H groups in total.